The zero-order valence-corrected chi connectivity index (χ0v) is 17.0. The number of hydrazone groups is 1. The van der Waals surface area contributed by atoms with E-state index in [-0.39, 0.29) is 6.04 Å². The maximum absolute atomic E-state index is 5.70. The topological polar surface area (TPSA) is 27.6 Å². The first-order chi connectivity index (χ1) is 13.2. The summed E-state index contributed by atoms with van der Waals surface area (Å²) in [7, 11) is 0. The molecule has 3 nitrogen and oxygen atoms in total. The van der Waals surface area contributed by atoms with Gasteiger partial charge in [0.25, 0.3) is 0 Å². The molecule has 1 N–H and O–H groups in total. The number of benzene rings is 3. The summed E-state index contributed by atoms with van der Waals surface area (Å²) in [6.07, 6.45) is 0.808. The molecule has 0 unspecified atom stereocenters. The summed E-state index contributed by atoms with van der Waals surface area (Å²) >= 11 is 9.21. The van der Waals surface area contributed by atoms with Crippen LogP contribution in [0.2, 0.25) is 0 Å². The van der Waals surface area contributed by atoms with Crippen LogP contribution in [0.25, 0.3) is 0 Å². The van der Waals surface area contributed by atoms with Crippen molar-refractivity contribution >= 4 is 44.7 Å². The van der Waals surface area contributed by atoms with Crippen molar-refractivity contribution in [3.63, 3.8) is 0 Å². The normalized spacial score (nSPS) is 16.1. The van der Waals surface area contributed by atoms with Gasteiger partial charge in [-0.3, -0.25) is 0 Å². The average Bonchev–Trinajstić information content (AvgIpc) is 3.16. The molecular formula is C22H18BrN3S. The van der Waals surface area contributed by atoms with Crippen LogP contribution in [0.5, 0.6) is 0 Å². The lowest BCUT2D eigenvalue weighted by Gasteiger charge is -2.25. The van der Waals surface area contributed by atoms with Crippen molar-refractivity contribution in [2.45, 2.75) is 12.5 Å². The Morgan fingerprint density at radius 2 is 1.56 bits per heavy atom. The van der Waals surface area contributed by atoms with Gasteiger partial charge in [-0.2, -0.15) is 5.10 Å². The SMILES string of the molecule is S=C(Nc1ccccc1)N1N=C(c2ccccc2)C[C@H]1c1ccc(Br)cc1. The Bertz CT molecular complexity index is 956. The first-order valence-corrected chi connectivity index (χ1v) is 9.94. The van der Waals surface area contributed by atoms with E-state index in [9.17, 15) is 0 Å². The molecule has 27 heavy (non-hydrogen) atoms. The molecule has 4 rings (SSSR count). The first kappa shape index (κ1) is 17.9. The van der Waals surface area contributed by atoms with Gasteiger partial charge in [-0.1, -0.05) is 76.6 Å². The number of para-hydroxylation sites is 1. The molecule has 1 aliphatic heterocycles. The molecule has 5 heteroatoms. The Kier molecular flexibility index (Phi) is 5.32. The maximum Gasteiger partial charge on any atom is 0.194 e. The van der Waals surface area contributed by atoms with Crippen LogP contribution in [0, 0.1) is 0 Å². The first-order valence-electron chi connectivity index (χ1n) is 8.74. The minimum Gasteiger partial charge on any atom is -0.331 e. The van der Waals surface area contributed by atoms with Crippen molar-refractivity contribution in [3.8, 4) is 0 Å². The zero-order valence-electron chi connectivity index (χ0n) is 14.5. The van der Waals surface area contributed by atoms with Crippen LogP contribution in [0.15, 0.2) is 94.5 Å². The van der Waals surface area contributed by atoms with E-state index in [0.717, 1.165) is 27.9 Å². The van der Waals surface area contributed by atoms with Gasteiger partial charge in [0, 0.05) is 16.6 Å². The van der Waals surface area contributed by atoms with E-state index in [4.69, 9.17) is 17.3 Å². The Morgan fingerprint density at radius 1 is 0.926 bits per heavy atom. The molecule has 0 radical (unpaired) electrons. The highest BCUT2D eigenvalue weighted by Gasteiger charge is 2.31. The molecule has 134 valence electrons. The number of halogens is 1. The van der Waals surface area contributed by atoms with Gasteiger partial charge in [-0.15, -0.1) is 0 Å². The van der Waals surface area contributed by atoms with Gasteiger partial charge in [0.1, 0.15) is 0 Å². The summed E-state index contributed by atoms with van der Waals surface area (Å²) in [5.74, 6) is 0. The van der Waals surface area contributed by atoms with Gasteiger partial charge >= 0.3 is 0 Å². The van der Waals surface area contributed by atoms with E-state index in [1.807, 2.05) is 53.5 Å². The van der Waals surface area contributed by atoms with E-state index in [0.29, 0.717) is 5.11 Å². The summed E-state index contributed by atoms with van der Waals surface area (Å²) in [6, 6.07) is 28.7. The fourth-order valence-electron chi connectivity index (χ4n) is 3.15. The van der Waals surface area contributed by atoms with Gasteiger partial charge in [-0.05, 0) is 47.6 Å². The molecule has 0 spiro atoms. The maximum atomic E-state index is 5.70. The zero-order chi connectivity index (χ0) is 18.6. The molecule has 0 amide bonds. The molecule has 1 atom stereocenters. The molecule has 0 aliphatic carbocycles. The number of anilines is 1. The summed E-state index contributed by atoms with van der Waals surface area (Å²) in [6.45, 7) is 0. The van der Waals surface area contributed by atoms with Gasteiger partial charge in [0.2, 0.25) is 0 Å². The Morgan fingerprint density at radius 3 is 2.22 bits per heavy atom. The van der Waals surface area contributed by atoms with E-state index in [1.54, 1.807) is 0 Å². The third-order valence-corrected chi connectivity index (χ3v) is 5.32. The molecule has 0 fully saturated rings. The number of hydrogen-bond acceptors (Lipinski definition) is 2. The number of nitrogens with one attached hydrogen (secondary N) is 1. The smallest absolute Gasteiger partial charge is 0.194 e. The third kappa shape index (κ3) is 4.10. The molecule has 1 aliphatic rings. The molecular weight excluding hydrogens is 418 g/mol. The third-order valence-electron chi connectivity index (χ3n) is 4.51. The standard InChI is InChI=1S/C22H18BrN3S/c23-18-13-11-17(12-14-18)21-15-20(16-7-3-1-4-8-16)25-26(21)22(27)24-19-9-5-2-6-10-19/h1-14,21H,15H2,(H,24,27)/t21-/m0/s1. The van der Waals surface area contributed by atoms with Gasteiger partial charge in [-0.25, -0.2) is 5.01 Å². The van der Waals surface area contributed by atoms with Gasteiger partial charge in [0.05, 0.1) is 11.8 Å². The predicted molar refractivity (Wildman–Crippen MR) is 119 cm³/mol. The minimum atomic E-state index is 0.0667. The Hall–Kier alpha value is -2.50. The molecule has 0 aromatic heterocycles. The summed E-state index contributed by atoms with van der Waals surface area (Å²) in [4.78, 5) is 0. The van der Waals surface area contributed by atoms with Crippen LogP contribution in [0.1, 0.15) is 23.6 Å². The summed E-state index contributed by atoms with van der Waals surface area (Å²) in [5.41, 5.74) is 4.32. The van der Waals surface area contributed by atoms with Gasteiger partial charge < -0.3 is 5.32 Å². The highest BCUT2D eigenvalue weighted by Crippen LogP contribution is 2.33. The number of thiocarbonyl (C=S) groups is 1. The fraction of sp³-hybridized carbons (Fsp3) is 0.0909. The number of hydrogen-bond donors (Lipinski definition) is 1. The second-order valence-corrected chi connectivity index (χ2v) is 7.63. The van der Waals surface area contributed by atoms with Crippen molar-refractivity contribution in [3.05, 3.63) is 101 Å². The lowest BCUT2D eigenvalue weighted by atomic mass is 9.99. The van der Waals surface area contributed by atoms with E-state index >= 15 is 0 Å². The van der Waals surface area contributed by atoms with E-state index in [2.05, 4.69) is 57.6 Å². The molecule has 0 saturated heterocycles. The van der Waals surface area contributed by atoms with Crippen LogP contribution >= 0.6 is 28.1 Å². The second kappa shape index (κ2) is 8.03. The van der Waals surface area contributed by atoms with Crippen LogP contribution in [0.4, 0.5) is 5.69 Å². The molecule has 1 heterocycles. The molecule has 0 bridgehead atoms. The largest absolute Gasteiger partial charge is 0.331 e. The van der Waals surface area contributed by atoms with Crippen LogP contribution < -0.4 is 5.32 Å². The lowest BCUT2D eigenvalue weighted by Crippen LogP contribution is -2.31. The van der Waals surface area contributed by atoms with Crippen molar-refractivity contribution < 1.29 is 0 Å². The van der Waals surface area contributed by atoms with Crippen molar-refractivity contribution in [1.29, 1.82) is 0 Å². The fourth-order valence-corrected chi connectivity index (χ4v) is 3.70. The van der Waals surface area contributed by atoms with Crippen LogP contribution in [-0.4, -0.2) is 15.8 Å². The number of rotatable bonds is 3. The lowest BCUT2D eigenvalue weighted by molar-refractivity contribution is 0.375. The second-order valence-electron chi connectivity index (χ2n) is 6.32. The average molecular weight is 436 g/mol. The van der Waals surface area contributed by atoms with Crippen molar-refractivity contribution in [2.24, 2.45) is 5.10 Å². The van der Waals surface area contributed by atoms with Crippen molar-refractivity contribution in [1.82, 2.24) is 5.01 Å². The van der Waals surface area contributed by atoms with Crippen LogP contribution in [-0.2, 0) is 0 Å². The molecule has 3 aromatic rings. The molecule has 0 saturated carbocycles. The Balaban J connectivity index is 1.65. The molecule has 3 aromatic carbocycles. The summed E-state index contributed by atoms with van der Waals surface area (Å²) < 4.78 is 1.06. The predicted octanol–water partition coefficient (Wildman–Crippen LogP) is 6.00. The van der Waals surface area contributed by atoms with E-state index < -0.39 is 0 Å². The minimum absolute atomic E-state index is 0.0667. The van der Waals surface area contributed by atoms with Crippen LogP contribution in [0.3, 0.4) is 0 Å². The van der Waals surface area contributed by atoms with Crippen molar-refractivity contribution in [2.75, 3.05) is 5.32 Å². The Labute approximate surface area is 172 Å². The number of nitrogens with zero attached hydrogens (tertiary/aromatic N) is 2. The highest BCUT2D eigenvalue weighted by atomic mass is 79.9. The highest BCUT2D eigenvalue weighted by molar-refractivity contribution is 9.10. The summed E-state index contributed by atoms with van der Waals surface area (Å²) in [5, 5.41) is 10.7. The monoisotopic (exact) mass is 435 g/mol. The van der Waals surface area contributed by atoms with E-state index in [1.165, 1.54) is 5.56 Å². The quantitative estimate of drug-likeness (QED) is 0.511. The van der Waals surface area contributed by atoms with Gasteiger partial charge in [0.15, 0.2) is 5.11 Å².